The van der Waals surface area contributed by atoms with Crippen molar-refractivity contribution in [2.45, 2.75) is 19.5 Å². The minimum atomic E-state index is -0.124. The fourth-order valence-electron chi connectivity index (χ4n) is 1.82. The number of nitrogens with one attached hydrogen (secondary N) is 1. The molecule has 2 aromatic rings. The molecular formula is C15H17N3O2. The first-order valence-corrected chi connectivity index (χ1v) is 6.43. The largest absolute Gasteiger partial charge is 0.326 e. The van der Waals surface area contributed by atoms with E-state index in [4.69, 9.17) is 5.73 Å². The van der Waals surface area contributed by atoms with Gasteiger partial charge in [-0.2, -0.15) is 0 Å². The van der Waals surface area contributed by atoms with Crippen LogP contribution in [0.4, 0.5) is 5.69 Å². The summed E-state index contributed by atoms with van der Waals surface area (Å²) in [6.07, 6.45) is 1.92. The van der Waals surface area contributed by atoms with Crippen LogP contribution in [0.15, 0.2) is 53.5 Å². The number of benzene rings is 1. The van der Waals surface area contributed by atoms with Gasteiger partial charge in [0.2, 0.25) is 5.91 Å². The number of pyridine rings is 1. The van der Waals surface area contributed by atoms with Crippen LogP contribution in [0.3, 0.4) is 0 Å². The lowest BCUT2D eigenvalue weighted by atomic mass is 10.2. The van der Waals surface area contributed by atoms with E-state index in [1.807, 2.05) is 24.3 Å². The summed E-state index contributed by atoms with van der Waals surface area (Å²) in [6.45, 7) is 0.845. The van der Waals surface area contributed by atoms with Crippen LogP contribution < -0.4 is 16.6 Å². The van der Waals surface area contributed by atoms with Gasteiger partial charge < -0.3 is 15.6 Å². The second kappa shape index (κ2) is 6.68. The second-order valence-electron chi connectivity index (χ2n) is 4.43. The lowest BCUT2D eigenvalue weighted by Crippen LogP contribution is -2.21. The molecular weight excluding hydrogens is 254 g/mol. The van der Waals surface area contributed by atoms with E-state index >= 15 is 0 Å². The molecule has 1 aromatic heterocycles. The van der Waals surface area contributed by atoms with Crippen molar-refractivity contribution < 1.29 is 4.79 Å². The van der Waals surface area contributed by atoms with Crippen LogP contribution in [0.25, 0.3) is 0 Å². The summed E-state index contributed by atoms with van der Waals surface area (Å²) in [4.78, 5) is 23.3. The Morgan fingerprint density at radius 3 is 2.55 bits per heavy atom. The number of carbonyl (C=O) groups is 1. The van der Waals surface area contributed by atoms with E-state index in [0.717, 1.165) is 11.3 Å². The van der Waals surface area contributed by atoms with Crippen LogP contribution in [0.2, 0.25) is 0 Å². The normalized spacial score (nSPS) is 10.2. The van der Waals surface area contributed by atoms with E-state index in [0.29, 0.717) is 13.1 Å². The van der Waals surface area contributed by atoms with Gasteiger partial charge >= 0.3 is 0 Å². The molecule has 1 amide bonds. The lowest BCUT2D eigenvalue weighted by molar-refractivity contribution is -0.116. The molecule has 0 unspecified atom stereocenters. The molecule has 5 nitrogen and oxygen atoms in total. The molecule has 0 aliphatic rings. The van der Waals surface area contributed by atoms with Crippen molar-refractivity contribution in [1.82, 2.24) is 4.57 Å². The first-order chi connectivity index (χ1) is 9.69. The third-order valence-corrected chi connectivity index (χ3v) is 2.95. The summed E-state index contributed by atoms with van der Waals surface area (Å²) in [5.41, 5.74) is 7.15. The molecule has 0 radical (unpaired) electrons. The zero-order valence-corrected chi connectivity index (χ0v) is 11.1. The molecule has 3 N–H and O–H groups in total. The minimum Gasteiger partial charge on any atom is -0.326 e. The number of aryl methyl sites for hydroxylation is 1. The van der Waals surface area contributed by atoms with Gasteiger partial charge in [-0.3, -0.25) is 9.59 Å². The van der Waals surface area contributed by atoms with Gasteiger partial charge in [-0.05, 0) is 23.8 Å². The molecule has 0 atom stereocenters. The van der Waals surface area contributed by atoms with E-state index in [-0.39, 0.29) is 17.9 Å². The number of amides is 1. The number of aromatic nitrogens is 1. The Kier molecular flexibility index (Phi) is 4.68. The van der Waals surface area contributed by atoms with Gasteiger partial charge in [0.25, 0.3) is 5.56 Å². The van der Waals surface area contributed by atoms with Gasteiger partial charge in [0.05, 0.1) is 0 Å². The summed E-state index contributed by atoms with van der Waals surface area (Å²) in [5, 5.41) is 2.79. The number of nitrogens with two attached hydrogens (primary N) is 1. The van der Waals surface area contributed by atoms with Crippen LogP contribution in [0.5, 0.6) is 0 Å². The summed E-state index contributed by atoms with van der Waals surface area (Å²) < 4.78 is 1.51. The third kappa shape index (κ3) is 3.80. The summed E-state index contributed by atoms with van der Waals surface area (Å²) in [7, 11) is 0. The van der Waals surface area contributed by atoms with Crippen molar-refractivity contribution in [2.75, 3.05) is 5.32 Å². The average Bonchev–Trinajstić information content (AvgIpc) is 2.47. The Morgan fingerprint density at radius 1 is 1.15 bits per heavy atom. The van der Waals surface area contributed by atoms with Crippen molar-refractivity contribution >= 4 is 11.6 Å². The molecule has 20 heavy (non-hydrogen) atoms. The lowest BCUT2D eigenvalue weighted by Gasteiger charge is -2.07. The van der Waals surface area contributed by atoms with Crippen molar-refractivity contribution in [3.05, 3.63) is 64.6 Å². The molecule has 0 aliphatic heterocycles. The van der Waals surface area contributed by atoms with E-state index in [2.05, 4.69) is 5.32 Å². The molecule has 0 aliphatic carbocycles. The highest BCUT2D eigenvalue weighted by Gasteiger charge is 2.03. The Bertz CT molecular complexity index is 632. The second-order valence-corrected chi connectivity index (χ2v) is 4.43. The van der Waals surface area contributed by atoms with Crippen LogP contribution in [0, 0.1) is 0 Å². The predicted molar refractivity (Wildman–Crippen MR) is 78.3 cm³/mol. The highest BCUT2D eigenvalue weighted by atomic mass is 16.1. The zero-order chi connectivity index (χ0) is 14.4. The Labute approximate surface area is 117 Å². The fourth-order valence-corrected chi connectivity index (χ4v) is 1.82. The van der Waals surface area contributed by atoms with Gasteiger partial charge in [-0.25, -0.2) is 0 Å². The monoisotopic (exact) mass is 271 g/mol. The molecule has 1 heterocycles. The molecule has 0 bridgehead atoms. The van der Waals surface area contributed by atoms with Crippen LogP contribution in [-0.4, -0.2) is 10.5 Å². The highest BCUT2D eigenvalue weighted by Crippen LogP contribution is 2.09. The number of anilines is 1. The summed E-state index contributed by atoms with van der Waals surface area (Å²) >= 11 is 0. The minimum absolute atomic E-state index is 0.104. The van der Waals surface area contributed by atoms with E-state index in [9.17, 15) is 9.59 Å². The first-order valence-electron chi connectivity index (χ1n) is 6.43. The average molecular weight is 271 g/mol. The van der Waals surface area contributed by atoms with E-state index < -0.39 is 0 Å². The van der Waals surface area contributed by atoms with E-state index in [1.165, 1.54) is 10.6 Å². The topological polar surface area (TPSA) is 77.1 Å². The molecule has 0 saturated carbocycles. The number of carbonyl (C=O) groups excluding carboxylic acids is 1. The molecule has 104 valence electrons. The SMILES string of the molecule is NCc1ccc(NC(=O)CCn2ccccc2=O)cc1. The quantitative estimate of drug-likeness (QED) is 0.861. The van der Waals surface area contributed by atoms with Gasteiger partial charge in [0.1, 0.15) is 0 Å². The standard InChI is InChI=1S/C15H17N3O2/c16-11-12-4-6-13(7-5-12)17-14(19)8-10-18-9-2-1-3-15(18)20/h1-7,9H,8,10-11,16H2,(H,17,19). The molecule has 1 aromatic carbocycles. The van der Waals surface area contributed by atoms with Crippen molar-refractivity contribution in [3.8, 4) is 0 Å². The smallest absolute Gasteiger partial charge is 0.250 e. The molecule has 0 spiro atoms. The predicted octanol–water partition coefficient (Wildman–Crippen LogP) is 1.34. The zero-order valence-electron chi connectivity index (χ0n) is 11.1. The van der Waals surface area contributed by atoms with Crippen molar-refractivity contribution in [3.63, 3.8) is 0 Å². The van der Waals surface area contributed by atoms with Crippen LogP contribution in [-0.2, 0) is 17.9 Å². The molecule has 0 fully saturated rings. The van der Waals surface area contributed by atoms with Crippen molar-refractivity contribution in [2.24, 2.45) is 5.73 Å². The fraction of sp³-hybridized carbons (Fsp3) is 0.200. The van der Waals surface area contributed by atoms with Crippen molar-refractivity contribution in [1.29, 1.82) is 0 Å². The van der Waals surface area contributed by atoms with E-state index in [1.54, 1.807) is 18.3 Å². The Morgan fingerprint density at radius 2 is 1.90 bits per heavy atom. The van der Waals surface area contributed by atoms with Gasteiger partial charge in [-0.15, -0.1) is 0 Å². The maximum absolute atomic E-state index is 11.8. The number of hydrogen-bond donors (Lipinski definition) is 2. The van der Waals surface area contributed by atoms with Crippen LogP contribution >= 0.6 is 0 Å². The third-order valence-electron chi connectivity index (χ3n) is 2.95. The molecule has 2 rings (SSSR count). The number of hydrogen-bond acceptors (Lipinski definition) is 3. The molecule has 5 heteroatoms. The number of rotatable bonds is 5. The van der Waals surface area contributed by atoms with Gasteiger partial charge in [-0.1, -0.05) is 18.2 Å². The van der Waals surface area contributed by atoms with Gasteiger partial charge in [0.15, 0.2) is 0 Å². The maximum atomic E-state index is 11.8. The maximum Gasteiger partial charge on any atom is 0.250 e. The molecule has 0 saturated heterocycles. The highest BCUT2D eigenvalue weighted by molar-refractivity contribution is 5.90. The summed E-state index contributed by atoms with van der Waals surface area (Å²) in [6, 6.07) is 12.3. The number of nitrogens with zero attached hydrogens (tertiary/aromatic N) is 1. The first kappa shape index (κ1) is 14.0. The van der Waals surface area contributed by atoms with Gasteiger partial charge in [0, 0.05) is 37.5 Å². The Hall–Kier alpha value is -2.40. The van der Waals surface area contributed by atoms with Crippen LogP contribution in [0.1, 0.15) is 12.0 Å². The Balaban J connectivity index is 1.89. The summed E-state index contributed by atoms with van der Waals surface area (Å²) in [5.74, 6) is -0.124.